The van der Waals surface area contributed by atoms with Crippen molar-refractivity contribution in [3.05, 3.63) is 77.3 Å². The standard InChI is InChI=1S/C17H12ClFN2O/c18-14-5-4-13(15(19)10-14)11-22-17-3-1-2-16(21-17)12-6-8-20-9-7-12/h1-10H,11H2/i8D. The Kier molecular flexibility index (Phi) is 3.93. The van der Waals surface area contributed by atoms with Gasteiger partial charge in [0.15, 0.2) is 0 Å². The first-order chi connectivity index (χ1) is 11.1. The number of ether oxygens (including phenoxy) is 1. The van der Waals surface area contributed by atoms with Crippen LogP contribution in [0.15, 0.2) is 60.9 Å². The highest BCUT2D eigenvalue weighted by molar-refractivity contribution is 6.30. The zero-order chi connectivity index (χ0) is 16.2. The van der Waals surface area contributed by atoms with Crippen LogP contribution in [0.3, 0.4) is 0 Å². The van der Waals surface area contributed by atoms with Gasteiger partial charge >= 0.3 is 0 Å². The number of hydrogen-bond acceptors (Lipinski definition) is 3. The Morgan fingerprint density at radius 2 is 2.09 bits per heavy atom. The van der Waals surface area contributed by atoms with Crippen molar-refractivity contribution >= 4 is 11.6 Å². The maximum Gasteiger partial charge on any atom is 0.214 e. The lowest BCUT2D eigenvalue weighted by molar-refractivity contribution is 0.288. The minimum atomic E-state index is -0.415. The number of aromatic nitrogens is 2. The lowest BCUT2D eigenvalue weighted by Gasteiger charge is -2.08. The van der Waals surface area contributed by atoms with E-state index in [0.29, 0.717) is 22.2 Å². The van der Waals surface area contributed by atoms with Crippen molar-refractivity contribution in [2.45, 2.75) is 6.61 Å². The van der Waals surface area contributed by atoms with E-state index in [1.807, 2.05) is 6.07 Å². The molecule has 5 heteroatoms. The summed E-state index contributed by atoms with van der Waals surface area (Å²) < 4.78 is 26.8. The Labute approximate surface area is 133 Å². The minimum Gasteiger partial charge on any atom is -0.473 e. The van der Waals surface area contributed by atoms with Crippen LogP contribution in [0, 0.1) is 5.82 Å². The number of hydrogen-bond donors (Lipinski definition) is 0. The van der Waals surface area contributed by atoms with Gasteiger partial charge < -0.3 is 4.74 Å². The number of benzene rings is 1. The van der Waals surface area contributed by atoms with Gasteiger partial charge in [-0.3, -0.25) is 4.98 Å². The lowest BCUT2D eigenvalue weighted by atomic mass is 10.2. The van der Waals surface area contributed by atoms with E-state index in [-0.39, 0.29) is 12.8 Å². The van der Waals surface area contributed by atoms with E-state index in [0.717, 1.165) is 5.56 Å². The van der Waals surface area contributed by atoms with Crippen LogP contribution >= 0.6 is 11.6 Å². The van der Waals surface area contributed by atoms with E-state index in [1.54, 1.807) is 42.6 Å². The van der Waals surface area contributed by atoms with Crippen LogP contribution in [0.25, 0.3) is 11.3 Å². The fourth-order valence-electron chi connectivity index (χ4n) is 1.92. The minimum absolute atomic E-state index is 0.0551. The molecule has 0 spiro atoms. The van der Waals surface area contributed by atoms with Gasteiger partial charge in [0.1, 0.15) is 12.4 Å². The Morgan fingerprint density at radius 1 is 1.18 bits per heavy atom. The van der Waals surface area contributed by atoms with Crippen molar-refractivity contribution in [1.82, 2.24) is 9.97 Å². The van der Waals surface area contributed by atoms with Gasteiger partial charge in [0.25, 0.3) is 0 Å². The molecule has 0 saturated heterocycles. The van der Waals surface area contributed by atoms with Gasteiger partial charge in [-0.25, -0.2) is 9.37 Å². The quantitative estimate of drug-likeness (QED) is 0.710. The summed E-state index contributed by atoms with van der Waals surface area (Å²) in [5, 5.41) is 0.343. The summed E-state index contributed by atoms with van der Waals surface area (Å²) in [4.78, 5) is 8.20. The Morgan fingerprint density at radius 3 is 2.91 bits per heavy atom. The highest BCUT2D eigenvalue weighted by Crippen LogP contribution is 2.20. The maximum atomic E-state index is 13.7. The Hall–Kier alpha value is -2.46. The smallest absolute Gasteiger partial charge is 0.214 e. The molecular weight excluding hydrogens is 303 g/mol. The molecule has 0 N–H and O–H groups in total. The van der Waals surface area contributed by atoms with Crippen LogP contribution in [-0.4, -0.2) is 9.97 Å². The normalized spacial score (nSPS) is 11.1. The molecule has 0 atom stereocenters. The van der Waals surface area contributed by atoms with E-state index in [2.05, 4.69) is 9.97 Å². The molecule has 0 fully saturated rings. The molecule has 110 valence electrons. The predicted octanol–water partition coefficient (Wildman–Crippen LogP) is 4.52. The third-order valence-electron chi connectivity index (χ3n) is 3.03. The first-order valence-electron chi connectivity index (χ1n) is 7.08. The number of pyridine rings is 2. The summed E-state index contributed by atoms with van der Waals surface area (Å²) in [6.07, 6.45) is 1.72. The van der Waals surface area contributed by atoms with E-state index >= 15 is 0 Å². The molecule has 3 rings (SSSR count). The Bertz CT molecular complexity index is 844. The van der Waals surface area contributed by atoms with Gasteiger partial charge in [-0.15, -0.1) is 0 Å². The molecule has 0 amide bonds. The van der Waals surface area contributed by atoms with Gasteiger partial charge in [0, 0.05) is 34.6 Å². The number of rotatable bonds is 4. The SMILES string of the molecule is [2H]c1cc(-c2cccc(OCc3ccc(Cl)cc3F)n2)ccn1. The van der Waals surface area contributed by atoms with Crippen LogP contribution in [0.2, 0.25) is 5.02 Å². The first-order valence-corrected chi connectivity index (χ1v) is 6.96. The van der Waals surface area contributed by atoms with Crippen molar-refractivity contribution in [3.63, 3.8) is 0 Å². The van der Waals surface area contributed by atoms with Crippen LogP contribution in [0.1, 0.15) is 6.93 Å². The second-order valence-electron chi connectivity index (χ2n) is 4.56. The molecule has 3 aromatic rings. The topological polar surface area (TPSA) is 35.0 Å². The number of nitrogens with zero attached hydrogens (tertiary/aromatic N) is 2. The highest BCUT2D eigenvalue weighted by Gasteiger charge is 2.06. The van der Waals surface area contributed by atoms with Gasteiger partial charge in [-0.2, -0.15) is 0 Å². The summed E-state index contributed by atoms with van der Waals surface area (Å²) in [5.74, 6) is -0.0400. The summed E-state index contributed by atoms with van der Waals surface area (Å²) >= 11 is 5.72. The maximum absolute atomic E-state index is 13.7. The molecule has 0 radical (unpaired) electrons. The van der Waals surface area contributed by atoms with Crippen LogP contribution in [0.5, 0.6) is 5.88 Å². The summed E-state index contributed by atoms with van der Waals surface area (Å²) in [6, 6.07) is 13.1. The van der Waals surface area contributed by atoms with E-state index in [9.17, 15) is 4.39 Å². The van der Waals surface area contributed by atoms with Crippen molar-refractivity contribution in [2.75, 3.05) is 0 Å². The third kappa shape index (κ3) is 3.40. The molecular formula is C17H12ClFN2O. The van der Waals surface area contributed by atoms with E-state index in [1.165, 1.54) is 6.07 Å². The number of halogens is 2. The molecule has 3 nitrogen and oxygen atoms in total. The zero-order valence-electron chi connectivity index (χ0n) is 12.5. The molecule has 0 unspecified atom stereocenters. The van der Waals surface area contributed by atoms with Crippen LogP contribution in [-0.2, 0) is 6.61 Å². The van der Waals surface area contributed by atoms with Crippen LogP contribution < -0.4 is 4.74 Å². The molecule has 0 aliphatic rings. The van der Waals surface area contributed by atoms with Crippen LogP contribution in [0.4, 0.5) is 4.39 Å². The fourth-order valence-corrected chi connectivity index (χ4v) is 2.08. The van der Waals surface area contributed by atoms with Gasteiger partial charge in [-0.1, -0.05) is 23.7 Å². The summed E-state index contributed by atoms with van der Waals surface area (Å²) in [6.45, 7) is 0.0551. The van der Waals surface area contributed by atoms with Crippen molar-refractivity contribution < 1.29 is 10.5 Å². The average Bonchev–Trinajstić information content (AvgIpc) is 2.54. The molecule has 0 bridgehead atoms. The molecule has 22 heavy (non-hydrogen) atoms. The summed E-state index contributed by atoms with van der Waals surface area (Å²) in [5.41, 5.74) is 1.84. The largest absolute Gasteiger partial charge is 0.473 e. The summed E-state index contributed by atoms with van der Waals surface area (Å²) in [7, 11) is 0. The predicted molar refractivity (Wildman–Crippen MR) is 83.2 cm³/mol. The molecule has 1 aromatic carbocycles. The third-order valence-corrected chi connectivity index (χ3v) is 3.27. The molecule has 2 aromatic heterocycles. The van der Waals surface area contributed by atoms with Gasteiger partial charge in [0.05, 0.1) is 7.06 Å². The second-order valence-corrected chi connectivity index (χ2v) is 5.00. The van der Waals surface area contributed by atoms with E-state index in [4.69, 9.17) is 17.7 Å². The first kappa shape index (κ1) is 13.2. The molecule has 0 aliphatic carbocycles. The highest BCUT2D eigenvalue weighted by atomic mass is 35.5. The van der Waals surface area contributed by atoms with Crippen molar-refractivity contribution in [2.24, 2.45) is 0 Å². The lowest BCUT2D eigenvalue weighted by Crippen LogP contribution is -2.00. The van der Waals surface area contributed by atoms with Gasteiger partial charge in [0.2, 0.25) is 5.88 Å². The second kappa shape index (κ2) is 6.54. The van der Waals surface area contributed by atoms with Crippen molar-refractivity contribution in [3.8, 4) is 17.1 Å². The van der Waals surface area contributed by atoms with Gasteiger partial charge in [-0.05, 0) is 30.3 Å². The average molecular weight is 316 g/mol. The fraction of sp³-hybridized carbons (Fsp3) is 0.0588. The molecule has 0 aliphatic heterocycles. The Balaban J connectivity index is 1.78. The van der Waals surface area contributed by atoms with E-state index < -0.39 is 5.82 Å². The monoisotopic (exact) mass is 315 g/mol. The zero-order valence-corrected chi connectivity index (χ0v) is 12.2. The molecule has 0 saturated carbocycles. The van der Waals surface area contributed by atoms with Crippen molar-refractivity contribution in [1.29, 1.82) is 0 Å². The molecule has 2 heterocycles.